The third-order valence-corrected chi connectivity index (χ3v) is 4.29. The van der Waals surface area contributed by atoms with Crippen LogP contribution in [0.1, 0.15) is 39.8 Å². The molecule has 0 aliphatic carbocycles. The number of ether oxygens (including phenoxy) is 1. The lowest BCUT2D eigenvalue weighted by atomic mass is 10.1. The standard InChI is InChI=1S/C18H24N4O2.ClH/c1-11-5-4-6-12(2)17(11)24-10-13(3)20-18(23)16-14-9-19-8-7-15(14)21-22-16;/h4-6,13,19H,7-10H2,1-3H3,(H,20,23)(H,21,22);1H. The van der Waals surface area contributed by atoms with Crippen LogP contribution in [-0.4, -0.2) is 35.3 Å². The zero-order chi connectivity index (χ0) is 17.1. The molecule has 1 aromatic carbocycles. The number of fused-ring (bicyclic) bond motifs is 1. The molecular weight excluding hydrogens is 340 g/mol. The number of rotatable bonds is 5. The van der Waals surface area contributed by atoms with Crippen LogP contribution in [0.2, 0.25) is 0 Å². The molecule has 136 valence electrons. The number of amides is 1. The van der Waals surface area contributed by atoms with Crippen molar-refractivity contribution in [3.05, 3.63) is 46.3 Å². The Morgan fingerprint density at radius 2 is 2.08 bits per heavy atom. The fraction of sp³-hybridized carbons (Fsp3) is 0.444. The summed E-state index contributed by atoms with van der Waals surface area (Å²) in [6, 6.07) is 5.95. The predicted octanol–water partition coefficient (Wildman–Crippen LogP) is 2.29. The SMILES string of the molecule is Cc1cccc(C)c1OCC(C)NC(=O)c1n[nH]c2c1CNCC2.Cl. The van der Waals surface area contributed by atoms with Gasteiger partial charge in [0.1, 0.15) is 12.4 Å². The van der Waals surface area contributed by atoms with Crippen molar-refractivity contribution in [3.8, 4) is 5.75 Å². The van der Waals surface area contributed by atoms with E-state index in [0.717, 1.165) is 41.1 Å². The van der Waals surface area contributed by atoms with Crippen LogP contribution >= 0.6 is 12.4 Å². The Balaban J connectivity index is 0.00000225. The molecule has 1 aliphatic rings. The maximum absolute atomic E-state index is 12.5. The van der Waals surface area contributed by atoms with E-state index in [0.29, 0.717) is 18.8 Å². The molecule has 1 unspecified atom stereocenters. The number of para-hydroxylation sites is 1. The van der Waals surface area contributed by atoms with Crippen molar-refractivity contribution in [1.29, 1.82) is 0 Å². The highest BCUT2D eigenvalue weighted by Gasteiger charge is 2.22. The maximum Gasteiger partial charge on any atom is 0.272 e. The number of aromatic amines is 1. The second-order valence-corrected chi connectivity index (χ2v) is 6.36. The third-order valence-electron chi connectivity index (χ3n) is 4.29. The van der Waals surface area contributed by atoms with Crippen LogP contribution in [0.25, 0.3) is 0 Å². The Kier molecular flexibility index (Phi) is 6.45. The smallest absolute Gasteiger partial charge is 0.272 e. The number of carbonyl (C=O) groups is 1. The summed E-state index contributed by atoms with van der Waals surface area (Å²) >= 11 is 0. The first-order valence-electron chi connectivity index (χ1n) is 8.33. The molecule has 2 heterocycles. The molecule has 3 rings (SSSR count). The highest BCUT2D eigenvalue weighted by molar-refractivity contribution is 5.94. The fourth-order valence-corrected chi connectivity index (χ4v) is 2.98. The van der Waals surface area contributed by atoms with Gasteiger partial charge >= 0.3 is 0 Å². The Labute approximate surface area is 154 Å². The van der Waals surface area contributed by atoms with Crippen LogP contribution in [0.5, 0.6) is 5.75 Å². The van der Waals surface area contributed by atoms with Crippen LogP contribution in [0.3, 0.4) is 0 Å². The van der Waals surface area contributed by atoms with Gasteiger partial charge in [0, 0.05) is 30.8 Å². The minimum absolute atomic E-state index is 0. The van der Waals surface area contributed by atoms with Crippen LogP contribution < -0.4 is 15.4 Å². The molecule has 1 aliphatic heterocycles. The minimum Gasteiger partial charge on any atom is -0.491 e. The van der Waals surface area contributed by atoms with E-state index in [9.17, 15) is 4.79 Å². The molecule has 6 nitrogen and oxygen atoms in total. The lowest BCUT2D eigenvalue weighted by molar-refractivity contribution is 0.0920. The summed E-state index contributed by atoms with van der Waals surface area (Å²) in [6.45, 7) is 7.99. The second kappa shape index (κ2) is 8.36. The average molecular weight is 365 g/mol. The molecule has 2 aromatic rings. The molecule has 0 saturated heterocycles. The van der Waals surface area contributed by atoms with Gasteiger partial charge in [-0.1, -0.05) is 18.2 Å². The Hall–Kier alpha value is -2.05. The van der Waals surface area contributed by atoms with E-state index >= 15 is 0 Å². The van der Waals surface area contributed by atoms with Gasteiger partial charge in [-0.3, -0.25) is 9.89 Å². The molecule has 0 saturated carbocycles. The van der Waals surface area contributed by atoms with Gasteiger partial charge in [0.15, 0.2) is 5.69 Å². The Morgan fingerprint density at radius 1 is 1.36 bits per heavy atom. The zero-order valence-corrected chi connectivity index (χ0v) is 15.6. The molecule has 7 heteroatoms. The highest BCUT2D eigenvalue weighted by atomic mass is 35.5. The van der Waals surface area contributed by atoms with E-state index in [4.69, 9.17) is 4.74 Å². The number of nitrogens with zero attached hydrogens (tertiary/aromatic N) is 1. The average Bonchev–Trinajstić information content (AvgIpc) is 2.98. The van der Waals surface area contributed by atoms with Crippen molar-refractivity contribution in [3.63, 3.8) is 0 Å². The Bertz CT molecular complexity index is 724. The monoisotopic (exact) mass is 364 g/mol. The molecule has 3 N–H and O–H groups in total. The number of carbonyl (C=O) groups excluding carboxylic acids is 1. The first-order valence-corrected chi connectivity index (χ1v) is 8.33. The first-order chi connectivity index (χ1) is 11.6. The molecule has 1 amide bonds. The van der Waals surface area contributed by atoms with Crippen LogP contribution in [-0.2, 0) is 13.0 Å². The van der Waals surface area contributed by atoms with Crippen molar-refractivity contribution >= 4 is 18.3 Å². The number of nitrogens with one attached hydrogen (secondary N) is 3. The van der Waals surface area contributed by atoms with Crippen molar-refractivity contribution in [2.24, 2.45) is 0 Å². The summed E-state index contributed by atoms with van der Waals surface area (Å²) in [7, 11) is 0. The maximum atomic E-state index is 12.5. The van der Waals surface area contributed by atoms with Gasteiger partial charge in [0.05, 0.1) is 6.04 Å². The molecule has 0 fully saturated rings. The van der Waals surface area contributed by atoms with E-state index < -0.39 is 0 Å². The van der Waals surface area contributed by atoms with Gasteiger partial charge < -0.3 is 15.4 Å². The molecule has 0 radical (unpaired) electrons. The third kappa shape index (κ3) is 4.32. The van der Waals surface area contributed by atoms with Crippen molar-refractivity contribution in [2.75, 3.05) is 13.2 Å². The van der Waals surface area contributed by atoms with Gasteiger partial charge in [0.25, 0.3) is 5.91 Å². The molecule has 1 atom stereocenters. The first kappa shape index (κ1) is 19.3. The van der Waals surface area contributed by atoms with Gasteiger partial charge in [-0.05, 0) is 31.9 Å². The van der Waals surface area contributed by atoms with E-state index in [1.807, 2.05) is 39.0 Å². The number of aromatic nitrogens is 2. The van der Waals surface area contributed by atoms with Crippen molar-refractivity contribution in [2.45, 2.75) is 39.8 Å². The number of hydrogen-bond acceptors (Lipinski definition) is 4. The van der Waals surface area contributed by atoms with E-state index in [-0.39, 0.29) is 24.4 Å². The van der Waals surface area contributed by atoms with Crippen LogP contribution in [0.15, 0.2) is 18.2 Å². The number of H-pyrrole nitrogens is 1. The van der Waals surface area contributed by atoms with Crippen molar-refractivity contribution < 1.29 is 9.53 Å². The van der Waals surface area contributed by atoms with E-state index in [1.54, 1.807) is 0 Å². The van der Waals surface area contributed by atoms with Crippen molar-refractivity contribution in [1.82, 2.24) is 20.8 Å². The molecule has 1 aromatic heterocycles. The summed E-state index contributed by atoms with van der Waals surface area (Å²) in [4.78, 5) is 12.5. The van der Waals surface area contributed by atoms with Gasteiger partial charge in [-0.15, -0.1) is 12.4 Å². The number of halogens is 1. The second-order valence-electron chi connectivity index (χ2n) is 6.36. The summed E-state index contributed by atoms with van der Waals surface area (Å²) in [5.74, 6) is 0.730. The molecule has 0 bridgehead atoms. The van der Waals surface area contributed by atoms with Gasteiger partial charge in [-0.2, -0.15) is 5.10 Å². The summed E-state index contributed by atoms with van der Waals surface area (Å²) in [6.07, 6.45) is 0.876. The van der Waals surface area contributed by atoms with Gasteiger partial charge in [-0.25, -0.2) is 0 Å². The highest BCUT2D eigenvalue weighted by Crippen LogP contribution is 2.22. The topological polar surface area (TPSA) is 79.0 Å². The zero-order valence-electron chi connectivity index (χ0n) is 14.8. The number of benzene rings is 1. The van der Waals surface area contributed by atoms with E-state index in [1.165, 1.54) is 0 Å². The van der Waals surface area contributed by atoms with Crippen LogP contribution in [0.4, 0.5) is 0 Å². The summed E-state index contributed by atoms with van der Waals surface area (Å²) in [5.41, 5.74) is 4.71. The largest absolute Gasteiger partial charge is 0.491 e. The predicted molar refractivity (Wildman–Crippen MR) is 99.6 cm³/mol. The Morgan fingerprint density at radius 3 is 2.80 bits per heavy atom. The summed E-state index contributed by atoms with van der Waals surface area (Å²) < 4.78 is 5.90. The van der Waals surface area contributed by atoms with Gasteiger partial charge in [0.2, 0.25) is 0 Å². The molecular formula is C18H25ClN4O2. The van der Waals surface area contributed by atoms with Crippen LogP contribution in [0, 0.1) is 13.8 Å². The quantitative estimate of drug-likeness (QED) is 0.760. The normalized spacial score (nSPS) is 14.2. The minimum atomic E-state index is -0.159. The lowest BCUT2D eigenvalue weighted by Gasteiger charge is -2.18. The molecule has 25 heavy (non-hydrogen) atoms. The number of aryl methyl sites for hydroxylation is 2. The lowest BCUT2D eigenvalue weighted by Crippen LogP contribution is -2.38. The fourth-order valence-electron chi connectivity index (χ4n) is 2.98. The summed E-state index contributed by atoms with van der Waals surface area (Å²) in [5, 5.41) is 13.4. The molecule has 0 spiro atoms. The number of hydrogen-bond donors (Lipinski definition) is 3. The van der Waals surface area contributed by atoms with E-state index in [2.05, 4.69) is 20.8 Å².